The monoisotopic (exact) mass is 397 g/mol. The Balaban J connectivity index is 1.62. The number of hydrogen-bond donors (Lipinski definition) is 1. The van der Waals surface area contributed by atoms with Gasteiger partial charge in [-0.3, -0.25) is 4.90 Å². The molecule has 0 amide bonds. The Labute approximate surface area is 167 Å². The molecule has 0 bridgehead atoms. The van der Waals surface area contributed by atoms with Crippen LogP contribution in [0.15, 0.2) is 54.9 Å². The second kappa shape index (κ2) is 7.46. The van der Waals surface area contributed by atoms with Gasteiger partial charge in [0.15, 0.2) is 0 Å². The quantitative estimate of drug-likeness (QED) is 0.652. The first-order valence-electron chi connectivity index (χ1n) is 8.38. The molecule has 3 heterocycles. The molecular weight excluding hydrogens is 382 g/mol. The summed E-state index contributed by atoms with van der Waals surface area (Å²) in [6.45, 7) is 2.61. The van der Waals surface area contributed by atoms with Gasteiger partial charge in [0.2, 0.25) is 5.95 Å². The van der Waals surface area contributed by atoms with Crippen molar-refractivity contribution in [2.75, 3.05) is 16.8 Å². The molecule has 4 rings (SSSR count). The van der Waals surface area contributed by atoms with Crippen LogP contribution >= 0.6 is 23.8 Å². The van der Waals surface area contributed by atoms with Crippen LogP contribution < -0.4 is 10.2 Å². The Kier molecular flexibility index (Phi) is 4.87. The molecule has 3 aromatic rings. The number of pyridine rings is 1. The zero-order valence-electron chi connectivity index (χ0n) is 14.5. The van der Waals surface area contributed by atoms with Crippen LogP contribution in [-0.2, 0) is 4.74 Å². The zero-order chi connectivity index (χ0) is 18.8. The lowest BCUT2D eigenvalue weighted by atomic mass is 10.2. The SMILES string of the molecule is CC1COC(=S)N1c1cc(-c2ccnc(Nc3cccc(Cl)c3)n2)ccn1. The maximum atomic E-state index is 6.03. The summed E-state index contributed by atoms with van der Waals surface area (Å²) in [5.74, 6) is 1.23. The van der Waals surface area contributed by atoms with Gasteiger partial charge in [-0.2, -0.15) is 0 Å². The smallest absolute Gasteiger partial charge is 0.265 e. The first-order valence-corrected chi connectivity index (χ1v) is 9.17. The number of ether oxygens (including phenoxy) is 1. The van der Waals surface area contributed by atoms with Gasteiger partial charge in [0.25, 0.3) is 5.17 Å². The van der Waals surface area contributed by atoms with E-state index in [0.29, 0.717) is 22.8 Å². The Hall–Kier alpha value is -2.77. The molecule has 27 heavy (non-hydrogen) atoms. The lowest BCUT2D eigenvalue weighted by Gasteiger charge is -2.19. The molecule has 1 fully saturated rings. The van der Waals surface area contributed by atoms with Crippen molar-refractivity contribution >= 4 is 46.4 Å². The first-order chi connectivity index (χ1) is 13.1. The van der Waals surface area contributed by atoms with Crippen LogP contribution in [0, 0.1) is 0 Å². The van der Waals surface area contributed by atoms with Gasteiger partial charge in [-0.1, -0.05) is 17.7 Å². The van der Waals surface area contributed by atoms with Crippen molar-refractivity contribution in [2.24, 2.45) is 0 Å². The van der Waals surface area contributed by atoms with Crippen molar-refractivity contribution in [1.82, 2.24) is 15.0 Å². The lowest BCUT2D eigenvalue weighted by Crippen LogP contribution is -2.31. The van der Waals surface area contributed by atoms with E-state index >= 15 is 0 Å². The van der Waals surface area contributed by atoms with Crippen molar-refractivity contribution in [3.63, 3.8) is 0 Å². The highest BCUT2D eigenvalue weighted by Crippen LogP contribution is 2.26. The number of nitrogens with one attached hydrogen (secondary N) is 1. The second-order valence-electron chi connectivity index (χ2n) is 6.10. The highest BCUT2D eigenvalue weighted by molar-refractivity contribution is 7.80. The summed E-state index contributed by atoms with van der Waals surface area (Å²) in [4.78, 5) is 15.2. The third-order valence-electron chi connectivity index (χ3n) is 4.11. The van der Waals surface area contributed by atoms with E-state index in [-0.39, 0.29) is 6.04 Å². The molecule has 6 nitrogen and oxygen atoms in total. The van der Waals surface area contributed by atoms with Crippen LogP contribution in [0.5, 0.6) is 0 Å². The molecule has 136 valence electrons. The molecule has 2 aromatic heterocycles. The van der Waals surface area contributed by atoms with Crippen LogP contribution in [0.2, 0.25) is 5.02 Å². The number of hydrogen-bond acceptors (Lipinski definition) is 6. The van der Waals surface area contributed by atoms with E-state index in [2.05, 4.69) is 20.3 Å². The topological polar surface area (TPSA) is 63.2 Å². The predicted octanol–water partition coefficient (Wildman–Crippen LogP) is 4.45. The minimum Gasteiger partial charge on any atom is -0.468 e. The lowest BCUT2D eigenvalue weighted by molar-refractivity contribution is 0.339. The summed E-state index contributed by atoms with van der Waals surface area (Å²) < 4.78 is 5.44. The van der Waals surface area contributed by atoms with E-state index in [1.807, 2.05) is 54.3 Å². The molecule has 1 saturated heterocycles. The number of halogens is 1. The number of thiocarbonyl (C=S) groups is 1. The molecule has 1 aliphatic heterocycles. The summed E-state index contributed by atoms with van der Waals surface area (Å²) in [6, 6.07) is 13.3. The van der Waals surface area contributed by atoms with Gasteiger partial charge in [0.05, 0.1) is 11.7 Å². The van der Waals surface area contributed by atoms with Gasteiger partial charge < -0.3 is 10.1 Å². The van der Waals surface area contributed by atoms with Crippen molar-refractivity contribution in [3.8, 4) is 11.3 Å². The largest absolute Gasteiger partial charge is 0.468 e. The van der Waals surface area contributed by atoms with Crippen LogP contribution in [0.3, 0.4) is 0 Å². The van der Waals surface area contributed by atoms with Gasteiger partial charge in [0.1, 0.15) is 12.4 Å². The Morgan fingerprint density at radius 3 is 2.81 bits per heavy atom. The van der Waals surface area contributed by atoms with E-state index in [4.69, 9.17) is 28.6 Å². The van der Waals surface area contributed by atoms with Crippen molar-refractivity contribution in [2.45, 2.75) is 13.0 Å². The maximum absolute atomic E-state index is 6.03. The minimum absolute atomic E-state index is 0.144. The fraction of sp³-hybridized carbons (Fsp3) is 0.158. The molecular formula is C19H16ClN5OS. The van der Waals surface area contributed by atoms with Crippen LogP contribution in [0.25, 0.3) is 11.3 Å². The fourth-order valence-corrected chi connectivity index (χ4v) is 3.35. The summed E-state index contributed by atoms with van der Waals surface area (Å²) in [7, 11) is 0. The summed E-state index contributed by atoms with van der Waals surface area (Å²) in [6.07, 6.45) is 3.45. The fourth-order valence-electron chi connectivity index (χ4n) is 2.82. The molecule has 8 heteroatoms. The molecule has 1 N–H and O–H groups in total. The molecule has 0 radical (unpaired) electrons. The molecule has 1 unspecified atom stereocenters. The number of benzene rings is 1. The highest BCUT2D eigenvalue weighted by Gasteiger charge is 2.28. The van der Waals surface area contributed by atoms with Crippen molar-refractivity contribution in [3.05, 3.63) is 59.9 Å². The van der Waals surface area contributed by atoms with Crippen LogP contribution in [0.4, 0.5) is 17.5 Å². The first kappa shape index (κ1) is 17.6. The zero-order valence-corrected chi connectivity index (χ0v) is 16.0. The predicted molar refractivity (Wildman–Crippen MR) is 110 cm³/mol. The Morgan fingerprint density at radius 2 is 2.04 bits per heavy atom. The summed E-state index contributed by atoms with van der Waals surface area (Å²) in [5, 5.41) is 4.25. The maximum Gasteiger partial charge on any atom is 0.265 e. The summed E-state index contributed by atoms with van der Waals surface area (Å²) in [5.41, 5.74) is 2.51. The van der Waals surface area contributed by atoms with E-state index in [1.165, 1.54) is 0 Å². The average Bonchev–Trinajstić information content (AvgIpc) is 3.00. The second-order valence-corrected chi connectivity index (χ2v) is 6.89. The van der Waals surface area contributed by atoms with Crippen molar-refractivity contribution < 1.29 is 4.74 Å². The number of rotatable bonds is 4. The normalized spacial score (nSPS) is 16.3. The van der Waals surface area contributed by atoms with E-state index in [0.717, 1.165) is 22.8 Å². The van der Waals surface area contributed by atoms with E-state index < -0.39 is 0 Å². The molecule has 0 saturated carbocycles. The number of anilines is 3. The van der Waals surface area contributed by atoms with Gasteiger partial charge in [0, 0.05) is 28.7 Å². The number of nitrogens with zero attached hydrogens (tertiary/aromatic N) is 4. The molecule has 1 aromatic carbocycles. The van der Waals surface area contributed by atoms with Gasteiger partial charge in [-0.25, -0.2) is 15.0 Å². The number of aromatic nitrogens is 3. The minimum atomic E-state index is 0.144. The van der Waals surface area contributed by atoms with Crippen LogP contribution in [0.1, 0.15) is 6.92 Å². The molecule has 1 aliphatic rings. The van der Waals surface area contributed by atoms with Crippen LogP contribution in [-0.4, -0.2) is 32.8 Å². The molecule has 0 spiro atoms. The highest BCUT2D eigenvalue weighted by atomic mass is 35.5. The van der Waals surface area contributed by atoms with Gasteiger partial charge in [-0.15, -0.1) is 0 Å². The molecule has 0 aliphatic carbocycles. The van der Waals surface area contributed by atoms with Gasteiger partial charge >= 0.3 is 0 Å². The van der Waals surface area contributed by atoms with Gasteiger partial charge in [-0.05, 0) is 55.5 Å². The van der Waals surface area contributed by atoms with Crippen molar-refractivity contribution in [1.29, 1.82) is 0 Å². The van der Waals surface area contributed by atoms with E-state index in [9.17, 15) is 0 Å². The third-order valence-corrected chi connectivity index (χ3v) is 4.66. The Bertz CT molecular complexity index is 999. The summed E-state index contributed by atoms with van der Waals surface area (Å²) >= 11 is 11.3. The Morgan fingerprint density at radius 1 is 1.19 bits per heavy atom. The molecule has 1 atom stereocenters. The van der Waals surface area contributed by atoms with E-state index in [1.54, 1.807) is 12.4 Å². The standard InChI is InChI=1S/C19H16ClN5OS/c1-12-11-26-19(27)25(12)17-9-13(5-7-21-17)16-6-8-22-18(24-16)23-15-4-2-3-14(20)10-15/h2-10,12H,11H2,1H3,(H,22,23,24). The average molecular weight is 398 g/mol. The third kappa shape index (κ3) is 3.84.